The number of halogens is 3. The van der Waals surface area contributed by atoms with Crippen molar-refractivity contribution < 1.29 is 18.0 Å². The molecule has 1 aliphatic rings. The molecule has 1 aromatic heterocycles. The summed E-state index contributed by atoms with van der Waals surface area (Å²) in [6, 6.07) is 12.5. The molecular formula is C22H23F3N4O2. The van der Waals surface area contributed by atoms with Crippen molar-refractivity contribution in [1.82, 2.24) is 19.8 Å². The van der Waals surface area contributed by atoms with E-state index in [1.54, 1.807) is 0 Å². The molecule has 6 nitrogen and oxygen atoms in total. The number of benzene rings is 2. The Balaban J connectivity index is 1.31. The highest BCUT2D eigenvalue weighted by molar-refractivity contribution is 5.95. The first-order valence-electron chi connectivity index (χ1n) is 10.2. The summed E-state index contributed by atoms with van der Waals surface area (Å²) in [7, 11) is 0. The number of likely N-dealkylation sites (tertiary alicyclic amines) is 1. The Morgan fingerprint density at radius 1 is 1.06 bits per heavy atom. The molecule has 1 saturated heterocycles. The normalized spacial score (nSPS) is 16.0. The van der Waals surface area contributed by atoms with Crippen molar-refractivity contribution in [2.45, 2.75) is 25.1 Å². The zero-order valence-electron chi connectivity index (χ0n) is 16.8. The molecule has 1 aliphatic heterocycles. The molecule has 0 radical (unpaired) electrons. The fourth-order valence-corrected chi connectivity index (χ4v) is 4.19. The molecule has 4 rings (SSSR count). The molecule has 0 spiro atoms. The average Bonchev–Trinajstić information content (AvgIpc) is 3.09. The van der Waals surface area contributed by atoms with Crippen LogP contribution in [0.2, 0.25) is 0 Å². The van der Waals surface area contributed by atoms with Gasteiger partial charge in [-0.15, -0.1) is 0 Å². The van der Waals surface area contributed by atoms with Crippen LogP contribution in [0.5, 0.6) is 0 Å². The highest BCUT2D eigenvalue weighted by atomic mass is 19.4. The van der Waals surface area contributed by atoms with Crippen LogP contribution in [0.25, 0.3) is 11.0 Å². The fourth-order valence-electron chi connectivity index (χ4n) is 4.19. The van der Waals surface area contributed by atoms with Crippen LogP contribution in [-0.4, -0.2) is 46.5 Å². The Morgan fingerprint density at radius 2 is 1.74 bits per heavy atom. The Bertz CT molecular complexity index is 1130. The molecular weight excluding hydrogens is 409 g/mol. The van der Waals surface area contributed by atoms with Crippen LogP contribution in [-0.2, 0) is 6.18 Å². The van der Waals surface area contributed by atoms with Crippen LogP contribution >= 0.6 is 0 Å². The third kappa shape index (κ3) is 4.51. The van der Waals surface area contributed by atoms with E-state index in [1.165, 1.54) is 18.2 Å². The molecule has 0 aliphatic carbocycles. The second-order valence-corrected chi connectivity index (χ2v) is 7.69. The van der Waals surface area contributed by atoms with Crippen molar-refractivity contribution >= 4 is 16.9 Å². The van der Waals surface area contributed by atoms with Crippen LogP contribution in [0.3, 0.4) is 0 Å². The molecule has 2 heterocycles. The molecule has 0 bridgehead atoms. The minimum absolute atomic E-state index is 0.0909. The van der Waals surface area contributed by atoms with Crippen molar-refractivity contribution in [2.24, 2.45) is 0 Å². The summed E-state index contributed by atoms with van der Waals surface area (Å²) < 4.78 is 41.1. The predicted molar refractivity (Wildman–Crippen MR) is 111 cm³/mol. The van der Waals surface area contributed by atoms with Gasteiger partial charge in [-0.1, -0.05) is 24.3 Å². The first-order chi connectivity index (χ1) is 14.8. The molecule has 31 heavy (non-hydrogen) atoms. The number of carbonyl (C=O) groups excluding carboxylic acids is 1. The highest BCUT2D eigenvalue weighted by Gasteiger charge is 2.34. The van der Waals surface area contributed by atoms with E-state index in [0.29, 0.717) is 6.54 Å². The summed E-state index contributed by atoms with van der Waals surface area (Å²) in [6.07, 6.45) is -3.00. The maximum atomic E-state index is 13.1. The molecule has 0 unspecified atom stereocenters. The SMILES string of the molecule is O=C(NCCN1CCC(n2c(=O)[nH]c3ccccc32)CC1)c1ccccc1C(F)(F)F. The highest BCUT2D eigenvalue weighted by Crippen LogP contribution is 2.31. The third-order valence-corrected chi connectivity index (χ3v) is 5.74. The lowest BCUT2D eigenvalue weighted by Crippen LogP contribution is -2.41. The zero-order chi connectivity index (χ0) is 22.0. The Hall–Kier alpha value is -3.07. The molecule has 1 amide bonds. The van der Waals surface area contributed by atoms with Gasteiger partial charge in [-0.3, -0.25) is 9.36 Å². The number of nitrogens with one attached hydrogen (secondary N) is 2. The lowest BCUT2D eigenvalue weighted by Gasteiger charge is -2.32. The van der Waals surface area contributed by atoms with Gasteiger partial charge in [-0.2, -0.15) is 13.2 Å². The maximum absolute atomic E-state index is 13.1. The lowest BCUT2D eigenvalue weighted by atomic mass is 10.0. The lowest BCUT2D eigenvalue weighted by molar-refractivity contribution is -0.137. The van der Waals surface area contributed by atoms with Crippen LogP contribution < -0.4 is 11.0 Å². The number of nitrogens with zero attached hydrogens (tertiary/aromatic N) is 2. The number of alkyl halides is 3. The zero-order valence-corrected chi connectivity index (χ0v) is 16.8. The summed E-state index contributed by atoms with van der Waals surface area (Å²) >= 11 is 0. The van der Waals surface area contributed by atoms with Crippen molar-refractivity contribution in [3.05, 3.63) is 70.1 Å². The number of aromatic nitrogens is 2. The van der Waals surface area contributed by atoms with E-state index in [1.807, 2.05) is 28.8 Å². The number of rotatable bonds is 5. The van der Waals surface area contributed by atoms with Crippen molar-refractivity contribution in [3.8, 4) is 0 Å². The average molecular weight is 432 g/mol. The van der Waals surface area contributed by atoms with Gasteiger partial charge < -0.3 is 15.2 Å². The van der Waals surface area contributed by atoms with E-state index < -0.39 is 17.6 Å². The Morgan fingerprint density at radius 3 is 2.48 bits per heavy atom. The van der Waals surface area contributed by atoms with E-state index in [2.05, 4.69) is 15.2 Å². The number of amides is 1. The second-order valence-electron chi connectivity index (χ2n) is 7.69. The van der Waals surface area contributed by atoms with Gasteiger partial charge in [-0.05, 0) is 37.1 Å². The summed E-state index contributed by atoms with van der Waals surface area (Å²) in [5.74, 6) is -0.729. The minimum Gasteiger partial charge on any atom is -0.351 e. The summed E-state index contributed by atoms with van der Waals surface area (Å²) in [6.45, 7) is 2.27. The smallest absolute Gasteiger partial charge is 0.351 e. The van der Waals surface area contributed by atoms with E-state index in [0.717, 1.165) is 43.0 Å². The van der Waals surface area contributed by atoms with Gasteiger partial charge in [-0.25, -0.2) is 4.79 Å². The Kier molecular flexibility index (Phi) is 5.86. The molecule has 3 aromatic rings. The summed E-state index contributed by atoms with van der Waals surface area (Å²) in [4.78, 5) is 29.6. The predicted octanol–water partition coefficient (Wildman–Crippen LogP) is 3.42. The molecule has 1 fully saturated rings. The van der Waals surface area contributed by atoms with E-state index >= 15 is 0 Å². The van der Waals surface area contributed by atoms with Gasteiger partial charge in [0.25, 0.3) is 5.91 Å². The molecule has 9 heteroatoms. The number of para-hydroxylation sites is 2. The van der Waals surface area contributed by atoms with E-state index in [4.69, 9.17) is 0 Å². The fraction of sp³-hybridized carbons (Fsp3) is 0.364. The van der Waals surface area contributed by atoms with Gasteiger partial charge in [0.2, 0.25) is 0 Å². The molecule has 0 atom stereocenters. The van der Waals surface area contributed by atoms with Crippen LogP contribution in [0.1, 0.15) is 34.8 Å². The first kappa shape index (κ1) is 21.2. The van der Waals surface area contributed by atoms with Crippen molar-refractivity contribution in [2.75, 3.05) is 26.2 Å². The van der Waals surface area contributed by atoms with Crippen molar-refractivity contribution in [3.63, 3.8) is 0 Å². The van der Waals surface area contributed by atoms with Crippen LogP contribution in [0, 0.1) is 0 Å². The van der Waals surface area contributed by atoms with E-state index in [9.17, 15) is 22.8 Å². The number of hydrogen-bond acceptors (Lipinski definition) is 3. The number of fused-ring (bicyclic) bond motifs is 1. The topological polar surface area (TPSA) is 70.1 Å². The number of piperidine rings is 1. The maximum Gasteiger partial charge on any atom is 0.417 e. The molecule has 164 valence electrons. The molecule has 2 aromatic carbocycles. The van der Waals surface area contributed by atoms with Gasteiger partial charge in [0, 0.05) is 32.2 Å². The quantitative estimate of drug-likeness (QED) is 0.649. The first-order valence-corrected chi connectivity index (χ1v) is 10.2. The number of H-pyrrole nitrogens is 1. The summed E-state index contributed by atoms with van der Waals surface area (Å²) in [5, 5.41) is 2.59. The number of hydrogen-bond donors (Lipinski definition) is 2. The standard InChI is InChI=1S/C22H23F3N4O2/c23-22(24,25)17-6-2-1-5-16(17)20(30)26-11-14-28-12-9-15(10-13-28)29-19-8-4-3-7-18(19)27-21(29)31/h1-8,15H,9-14H2,(H,26,30)(H,27,31). The third-order valence-electron chi connectivity index (χ3n) is 5.74. The number of aromatic amines is 1. The van der Waals surface area contributed by atoms with Gasteiger partial charge >= 0.3 is 11.9 Å². The van der Waals surface area contributed by atoms with Gasteiger partial charge in [0.05, 0.1) is 22.2 Å². The van der Waals surface area contributed by atoms with Crippen LogP contribution in [0.15, 0.2) is 53.3 Å². The number of carbonyl (C=O) groups is 1. The minimum atomic E-state index is -4.57. The largest absolute Gasteiger partial charge is 0.417 e. The molecule has 0 saturated carbocycles. The Labute approximate surface area is 176 Å². The monoisotopic (exact) mass is 432 g/mol. The molecule has 2 N–H and O–H groups in total. The van der Waals surface area contributed by atoms with Gasteiger partial charge in [0.15, 0.2) is 0 Å². The number of imidazole rings is 1. The van der Waals surface area contributed by atoms with Crippen molar-refractivity contribution in [1.29, 1.82) is 0 Å². The second kappa shape index (κ2) is 8.58. The van der Waals surface area contributed by atoms with Gasteiger partial charge in [0.1, 0.15) is 0 Å². The van der Waals surface area contributed by atoms with Crippen LogP contribution in [0.4, 0.5) is 13.2 Å². The summed E-state index contributed by atoms with van der Waals surface area (Å²) in [5.41, 5.74) is 0.290. The van der Waals surface area contributed by atoms with E-state index in [-0.39, 0.29) is 23.8 Å².